The first kappa shape index (κ1) is 12.3. The van der Waals surface area contributed by atoms with Gasteiger partial charge in [-0.2, -0.15) is 0 Å². The molecule has 0 amide bonds. The molecule has 3 nitrogen and oxygen atoms in total. The Morgan fingerprint density at radius 3 is 2.79 bits per heavy atom. The van der Waals surface area contributed by atoms with Gasteiger partial charge in [0.25, 0.3) is 0 Å². The van der Waals surface area contributed by atoms with Gasteiger partial charge in [0, 0.05) is 33.9 Å². The summed E-state index contributed by atoms with van der Waals surface area (Å²) in [5.74, 6) is 0.875. The Kier molecular flexibility index (Phi) is 3.09. The molecule has 0 unspecified atom stereocenters. The van der Waals surface area contributed by atoms with Crippen molar-refractivity contribution in [2.24, 2.45) is 0 Å². The van der Waals surface area contributed by atoms with E-state index in [2.05, 4.69) is 10.3 Å². The third kappa shape index (κ3) is 2.15. The van der Waals surface area contributed by atoms with E-state index < -0.39 is 0 Å². The molecule has 2 aromatic rings. The molecule has 0 aliphatic carbocycles. The van der Waals surface area contributed by atoms with Crippen LogP contribution in [-0.4, -0.2) is 16.6 Å². The molecule has 2 N–H and O–H groups in total. The number of hydrogen-bond donors (Lipinski definition) is 2. The maximum Gasteiger partial charge on any atom is 0.137 e. The highest BCUT2D eigenvalue weighted by Gasteiger charge is 2.21. The van der Waals surface area contributed by atoms with Gasteiger partial charge in [-0.15, -0.1) is 0 Å². The quantitative estimate of drug-likeness (QED) is 0.826. The molecule has 0 atom stereocenters. The van der Waals surface area contributed by atoms with E-state index in [1.165, 1.54) is 0 Å². The first-order chi connectivity index (χ1) is 9.16. The van der Waals surface area contributed by atoms with Crippen molar-refractivity contribution < 1.29 is 5.11 Å². The Hall–Kier alpha value is -1.71. The van der Waals surface area contributed by atoms with Crippen molar-refractivity contribution in [3.05, 3.63) is 57.7 Å². The minimum absolute atomic E-state index is 0.200. The Morgan fingerprint density at radius 1 is 1.16 bits per heavy atom. The Balaban J connectivity index is 2.16. The van der Waals surface area contributed by atoms with Gasteiger partial charge in [-0.1, -0.05) is 29.3 Å². The molecular formula is C14H10Cl2N2O. The van der Waals surface area contributed by atoms with E-state index >= 15 is 0 Å². The normalized spacial score (nSPS) is 14.0. The molecule has 0 fully saturated rings. The molecule has 0 bridgehead atoms. The number of aromatic nitrogens is 1. The summed E-state index contributed by atoms with van der Waals surface area (Å²) >= 11 is 12.1. The number of aliphatic hydroxyl groups is 1. The SMILES string of the molecule is OC1=C(c2ccc(Cl)cc2Cl)CNc2ncccc21. The lowest BCUT2D eigenvalue weighted by atomic mass is 9.98. The Morgan fingerprint density at radius 2 is 2.00 bits per heavy atom. The van der Waals surface area contributed by atoms with Gasteiger partial charge in [-0.05, 0) is 24.3 Å². The van der Waals surface area contributed by atoms with E-state index in [1.54, 1.807) is 30.5 Å². The van der Waals surface area contributed by atoms with E-state index in [1.807, 2.05) is 6.07 Å². The van der Waals surface area contributed by atoms with Crippen molar-refractivity contribution in [2.75, 3.05) is 11.9 Å². The van der Waals surface area contributed by atoms with Crippen molar-refractivity contribution >= 4 is 40.4 Å². The lowest BCUT2D eigenvalue weighted by Crippen LogP contribution is -2.14. The van der Waals surface area contributed by atoms with E-state index in [0.717, 1.165) is 11.1 Å². The highest BCUT2D eigenvalue weighted by Crippen LogP contribution is 2.35. The van der Waals surface area contributed by atoms with Gasteiger partial charge in [0.1, 0.15) is 11.6 Å². The number of rotatable bonds is 1. The topological polar surface area (TPSA) is 45.1 Å². The van der Waals surface area contributed by atoms with Crippen LogP contribution < -0.4 is 5.32 Å². The third-order valence-corrected chi connectivity index (χ3v) is 3.59. The zero-order valence-electron chi connectivity index (χ0n) is 9.82. The second kappa shape index (κ2) is 4.76. The lowest BCUT2D eigenvalue weighted by molar-refractivity contribution is 0.511. The van der Waals surface area contributed by atoms with Gasteiger partial charge in [-0.25, -0.2) is 4.98 Å². The Labute approximate surface area is 120 Å². The summed E-state index contributed by atoms with van der Waals surface area (Å²) in [7, 11) is 0. The van der Waals surface area contributed by atoms with E-state index in [9.17, 15) is 5.11 Å². The third-order valence-electron chi connectivity index (χ3n) is 3.04. The van der Waals surface area contributed by atoms with Crippen LogP contribution in [0.1, 0.15) is 11.1 Å². The molecule has 0 saturated heterocycles. The number of aliphatic hydroxyl groups excluding tert-OH is 1. The molecule has 3 rings (SSSR count). The smallest absolute Gasteiger partial charge is 0.137 e. The number of nitrogens with zero attached hydrogens (tertiary/aromatic N) is 1. The number of halogens is 2. The van der Waals surface area contributed by atoms with Crippen LogP contribution in [0.3, 0.4) is 0 Å². The van der Waals surface area contributed by atoms with Crippen molar-refractivity contribution in [1.82, 2.24) is 4.98 Å². The number of nitrogens with one attached hydrogen (secondary N) is 1. The zero-order valence-corrected chi connectivity index (χ0v) is 11.3. The monoisotopic (exact) mass is 292 g/mol. The molecule has 0 radical (unpaired) electrons. The number of pyridine rings is 1. The molecule has 2 heterocycles. The van der Waals surface area contributed by atoms with Gasteiger partial charge >= 0.3 is 0 Å². The molecule has 19 heavy (non-hydrogen) atoms. The molecule has 96 valence electrons. The number of fused-ring (bicyclic) bond motifs is 1. The van der Waals surface area contributed by atoms with Gasteiger partial charge in [0.05, 0.1) is 5.56 Å². The second-order valence-corrected chi connectivity index (χ2v) is 5.05. The molecule has 1 aliphatic heterocycles. The minimum Gasteiger partial charge on any atom is -0.507 e. The maximum absolute atomic E-state index is 10.4. The second-order valence-electron chi connectivity index (χ2n) is 4.20. The molecule has 1 aliphatic rings. The van der Waals surface area contributed by atoms with Crippen LogP contribution in [0.2, 0.25) is 10.0 Å². The van der Waals surface area contributed by atoms with Crippen LogP contribution in [0.15, 0.2) is 36.5 Å². The van der Waals surface area contributed by atoms with Crippen LogP contribution in [0.4, 0.5) is 5.82 Å². The maximum atomic E-state index is 10.4. The van der Waals surface area contributed by atoms with Crippen molar-refractivity contribution in [1.29, 1.82) is 0 Å². The van der Waals surface area contributed by atoms with Crippen molar-refractivity contribution in [3.8, 4) is 0 Å². The molecule has 1 aromatic heterocycles. The minimum atomic E-state index is 0.200. The molecule has 5 heteroatoms. The number of anilines is 1. The largest absolute Gasteiger partial charge is 0.507 e. The molecular weight excluding hydrogens is 283 g/mol. The van der Waals surface area contributed by atoms with Crippen LogP contribution in [-0.2, 0) is 0 Å². The fraction of sp³-hybridized carbons (Fsp3) is 0.0714. The first-order valence-corrected chi connectivity index (χ1v) is 6.49. The average molecular weight is 293 g/mol. The van der Waals surface area contributed by atoms with Crippen molar-refractivity contribution in [2.45, 2.75) is 0 Å². The number of hydrogen-bond acceptors (Lipinski definition) is 3. The summed E-state index contributed by atoms with van der Waals surface area (Å²) in [5, 5.41) is 14.6. The standard InChI is InChI=1S/C14H10Cl2N2O/c15-8-3-4-9(12(16)6-8)11-7-18-14-10(13(11)19)2-1-5-17-14/h1-6,19H,7H2,(H,17,18). The fourth-order valence-corrected chi connectivity index (χ4v) is 2.64. The van der Waals surface area contributed by atoms with Gasteiger partial charge < -0.3 is 10.4 Å². The van der Waals surface area contributed by atoms with Gasteiger partial charge in [0.2, 0.25) is 0 Å². The van der Waals surface area contributed by atoms with Crippen LogP contribution in [0, 0.1) is 0 Å². The number of benzene rings is 1. The lowest BCUT2D eigenvalue weighted by Gasteiger charge is -2.21. The summed E-state index contributed by atoms with van der Waals surface area (Å²) in [4.78, 5) is 4.17. The summed E-state index contributed by atoms with van der Waals surface area (Å²) in [6.45, 7) is 0.469. The summed E-state index contributed by atoms with van der Waals surface area (Å²) in [6, 6.07) is 8.81. The van der Waals surface area contributed by atoms with Crippen LogP contribution >= 0.6 is 23.2 Å². The molecule has 0 spiro atoms. The Bertz CT molecular complexity index is 683. The summed E-state index contributed by atoms with van der Waals surface area (Å²) in [6.07, 6.45) is 1.68. The van der Waals surface area contributed by atoms with E-state index in [-0.39, 0.29) is 5.76 Å². The molecule has 0 saturated carbocycles. The van der Waals surface area contributed by atoms with Crippen molar-refractivity contribution in [3.63, 3.8) is 0 Å². The summed E-state index contributed by atoms with van der Waals surface area (Å²) < 4.78 is 0. The predicted octanol–water partition coefficient (Wildman–Crippen LogP) is 4.24. The highest BCUT2D eigenvalue weighted by atomic mass is 35.5. The van der Waals surface area contributed by atoms with Gasteiger partial charge in [0.15, 0.2) is 0 Å². The summed E-state index contributed by atoms with van der Waals surface area (Å²) in [5.41, 5.74) is 2.18. The zero-order chi connectivity index (χ0) is 13.4. The fourth-order valence-electron chi connectivity index (χ4n) is 2.11. The van der Waals surface area contributed by atoms with Crippen LogP contribution in [0.5, 0.6) is 0 Å². The van der Waals surface area contributed by atoms with Crippen LogP contribution in [0.25, 0.3) is 11.3 Å². The van der Waals surface area contributed by atoms with Gasteiger partial charge in [-0.3, -0.25) is 0 Å². The van der Waals surface area contributed by atoms with E-state index in [0.29, 0.717) is 28.0 Å². The molecule has 1 aromatic carbocycles. The predicted molar refractivity (Wildman–Crippen MR) is 78.6 cm³/mol. The average Bonchev–Trinajstić information content (AvgIpc) is 2.41. The first-order valence-electron chi connectivity index (χ1n) is 5.73. The van der Waals surface area contributed by atoms with E-state index in [4.69, 9.17) is 23.2 Å². The highest BCUT2D eigenvalue weighted by molar-refractivity contribution is 6.36.